The smallest absolute Gasteiger partial charge is 0.417 e. The van der Waals surface area contributed by atoms with E-state index in [1.165, 1.54) is 31.4 Å². The molecule has 148 valence electrons. The number of ether oxygens (including phenoxy) is 1. The fourth-order valence-electron chi connectivity index (χ4n) is 2.54. The van der Waals surface area contributed by atoms with Crippen LogP contribution in [0, 0.1) is 0 Å². The molecule has 2 rings (SSSR count). The molecule has 0 aliphatic carbocycles. The molecule has 0 saturated carbocycles. The Morgan fingerprint density at radius 2 is 1.71 bits per heavy atom. The van der Waals surface area contributed by atoms with Crippen LogP contribution in [0.5, 0.6) is 0 Å². The second kappa shape index (κ2) is 9.41. The molecule has 0 radical (unpaired) electrons. The molecular formula is C20H17ClF3NO3. The predicted octanol–water partition coefficient (Wildman–Crippen LogP) is 4.71. The summed E-state index contributed by atoms with van der Waals surface area (Å²) < 4.78 is 44.8. The van der Waals surface area contributed by atoms with Gasteiger partial charge in [-0.2, -0.15) is 13.2 Å². The van der Waals surface area contributed by atoms with Gasteiger partial charge in [0.15, 0.2) is 0 Å². The maximum absolute atomic E-state index is 13.4. The van der Waals surface area contributed by atoms with Crippen molar-refractivity contribution in [1.29, 1.82) is 0 Å². The summed E-state index contributed by atoms with van der Waals surface area (Å²) in [6.45, 7) is 0. The quantitative estimate of drug-likeness (QED) is 0.553. The minimum atomic E-state index is -4.74. The first-order valence-electron chi connectivity index (χ1n) is 8.18. The molecule has 28 heavy (non-hydrogen) atoms. The van der Waals surface area contributed by atoms with E-state index in [1.807, 2.05) is 0 Å². The maximum Gasteiger partial charge on any atom is 0.417 e. The lowest BCUT2D eigenvalue weighted by Crippen LogP contribution is -2.30. The van der Waals surface area contributed by atoms with Crippen LogP contribution in [0.25, 0.3) is 5.57 Å². The van der Waals surface area contributed by atoms with Crippen LogP contribution in [0.2, 0.25) is 5.02 Å². The Labute approximate surface area is 165 Å². The van der Waals surface area contributed by atoms with Crippen LogP contribution in [-0.2, 0) is 14.3 Å². The van der Waals surface area contributed by atoms with Crippen LogP contribution in [0.3, 0.4) is 0 Å². The van der Waals surface area contributed by atoms with Gasteiger partial charge in [-0.05, 0) is 17.2 Å². The molecule has 1 atom stereocenters. The van der Waals surface area contributed by atoms with Crippen molar-refractivity contribution in [3.8, 4) is 0 Å². The molecule has 1 N–H and O–H groups in total. The summed E-state index contributed by atoms with van der Waals surface area (Å²) in [5.74, 6) is -1.65. The second-order valence-corrected chi connectivity index (χ2v) is 6.19. The number of benzene rings is 2. The zero-order valence-corrected chi connectivity index (χ0v) is 15.6. The van der Waals surface area contributed by atoms with Gasteiger partial charge in [-0.25, -0.2) is 0 Å². The zero-order valence-electron chi connectivity index (χ0n) is 14.8. The SMILES string of the molecule is COC(=O)CC(NC(=O)/C=C(/c1ccccc1)C(F)(F)F)c1ccccc1Cl. The number of halogens is 4. The number of carbonyl (C=O) groups excluding carboxylic acids is 2. The molecule has 0 heterocycles. The van der Waals surface area contributed by atoms with Crippen LogP contribution in [-0.4, -0.2) is 25.2 Å². The van der Waals surface area contributed by atoms with Gasteiger partial charge in [0.25, 0.3) is 0 Å². The summed E-state index contributed by atoms with van der Waals surface area (Å²) in [5.41, 5.74) is -0.849. The summed E-state index contributed by atoms with van der Waals surface area (Å²) in [5, 5.41) is 2.67. The highest BCUT2D eigenvalue weighted by atomic mass is 35.5. The van der Waals surface area contributed by atoms with Crippen LogP contribution in [0.15, 0.2) is 60.7 Å². The Bertz CT molecular complexity index is 866. The van der Waals surface area contributed by atoms with E-state index in [0.717, 1.165) is 0 Å². The average Bonchev–Trinajstić information content (AvgIpc) is 2.65. The summed E-state index contributed by atoms with van der Waals surface area (Å²) in [7, 11) is 1.17. The molecule has 0 aromatic heterocycles. The van der Waals surface area contributed by atoms with Crippen molar-refractivity contribution in [1.82, 2.24) is 5.32 Å². The van der Waals surface area contributed by atoms with Gasteiger partial charge in [0.05, 0.1) is 25.1 Å². The van der Waals surface area contributed by atoms with Crippen LogP contribution < -0.4 is 5.32 Å². The van der Waals surface area contributed by atoms with Gasteiger partial charge in [0.1, 0.15) is 0 Å². The van der Waals surface area contributed by atoms with Crippen molar-refractivity contribution < 1.29 is 27.5 Å². The number of amides is 1. The Balaban J connectivity index is 2.34. The van der Waals surface area contributed by atoms with E-state index in [4.69, 9.17) is 11.6 Å². The Kier molecular flexibility index (Phi) is 7.23. The molecule has 0 aliphatic rings. The molecule has 0 aliphatic heterocycles. The van der Waals surface area contributed by atoms with Gasteiger partial charge in [-0.15, -0.1) is 0 Å². The summed E-state index contributed by atoms with van der Waals surface area (Å²) in [4.78, 5) is 24.0. The minimum Gasteiger partial charge on any atom is -0.469 e. The molecule has 0 fully saturated rings. The first-order valence-corrected chi connectivity index (χ1v) is 8.56. The minimum absolute atomic E-state index is 0.146. The fraction of sp³-hybridized carbons (Fsp3) is 0.200. The van der Waals surface area contributed by atoms with Gasteiger partial charge in [-0.1, -0.05) is 60.1 Å². The van der Waals surface area contributed by atoms with Gasteiger partial charge in [0.2, 0.25) is 5.91 Å². The number of hydrogen-bond acceptors (Lipinski definition) is 3. The number of methoxy groups -OCH3 is 1. The standard InChI is InChI=1S/C20H17ClF3NO3/c1-28-19(27)12-17(14-9-5-6-10-16(14)21)25-18(26)11-15(20(22,23)24)13-7-3-2-4-8-13/h2-11,17H,12H2,1H3,(H,25,26)/b15-11-. The highest BCUT2D eigenvalue weighted by molar-refractivity contribution is 6.31. The topological polar surface area (TPSA) is 55.4 Å². The summed E-state index contributed by atoms with van der Waals surface area (Å²) in [6, 6.07) is 12.4. The van der Waals surface area contributed by atoms with Crippen LogP contribution >= 0.6 is 11.6 Å². The van der Waals surface area contributed by atoms with E-state index < -0.39 is 29.7 Å². The predicted molar refractivity (Wildman–Crippen MR) is 99.4 cm³/mol. The number of esters is 1. The molecule has 2 aromatic carbocycles. The van der Waals surface area contributed by atoms with E-state index in [0.29, 0.717) is 11.6 Å². The number of rotatable bonds is 6. The third-order valence-electron chi connectivity index (χ3n) is 3.86. The summed E-state index contributed by atoms with van der Waals surface area (Å²) in [6.07, 6.45) is -4.55. The van der Waals surface area contributed by atoms with Crippen molar-refractivity contribution in [2.45, 2.75) is 18.6 Å². The maximum atomic E-state index is 13.4. The van der Waals surface area contributed by atoms with E-state index in [1.54, 1.807) is 30.3 Å². The zero-order chi connectivity index (χ0) is 20.7. The molecule has 4 nitrogen and oxygen atoms in total. The average molecular weight is 412 g/mol. The first-order chi connectivity index (χ1) is 13.2. The molecule has 2 aromatic rings. The van der Waals surface area contributed by atoms with Gasteiger partial charge in [-0.3, -0.25) is 9.59 Å². The number of hydrogen-bond donors (Lipinski definition) is 1. The van der Waals surface area contributed by atoms with E-state index in [2.05, 4.69) is 10.1 Å². The summed E-state index contributed by atoms with van der Waals surface area (Å²) >= 11 is 6.10. The number of allylic oxidation sites excluding steroid dienone is 1. The Morgan fingerprint density at radius 1 is 1.11 bits per heavy atom. The van der Waals surface area contributed by atoms with Crippen molar-refractivity contribution in [3.63, 3.8) is 0 Å². The fourth-order valence-corrected chi connectivity index (χ4v) is 2.80. The molecule has 0 bridgehead atoms. The van der Waals surface area contributed by atoms with Gasteiger partial charge < -0.3 is 10.1 Å². The molecular weight excluding hydrogens is 395 g/mol. The lowest BCUT2D eigenvalue weighted by molar-refractivity contribution is -0.141. The van der Waals surface area contributed by atoms with Gasteiger partial charge >= 0.3 is 12.1 Å². The molecule has 0 saturated heterocycles. The third kappa shape index (κ3) is 5.85. The lowest BCUT2D eigenvalue weighted by Gasteiger charge is -2.19. The van der Waals surface area contributed by atoms with E-state index in [-0.39, 0.29) is 17.0 Å². The number of alkyl halides is 3. The molecule has 8 heteroatoms. The van der Waals surface area contributed by atoms with Crippen molar-refractivity contribution in [3.05, 3.63) is 76.8 Å². The van der Waals surface area contributed by atoms with Crippen molar-refractivity contribution in [2.24, 2.45) is 0 Å². The highest BCUT2D eigenvalue weighted by Gasteiger charge is 2.35. The Morgan fingerprint density at radius 3 is 2.29 bits per heavy atom. The van der Waals surface area contributed by atoms with Gasteiger partial charge in [0, 0.05) is 11.1 Å². The monoisotopic (exact) mass is 411 g/mol. The third-order valence-corrected chi connectivity index (χ3v) is 4.21. The Hall–Kier alpha value is -2.80. The second-order valence-electron chi connectivity index (χ2n) is 5.78. The highest BCUT2D eigenvalue weighted by Crippen LogP contribution is 2.34. The molecule has 0 spiro atoms. The van der Waals surface area contributed by atoms with Crippen LogP contribution in [0.4, 0.5) is 13.2 Å². The first kappa shape index (κ1) is 21.5. The lowest BCUT2D eigenvalue weighted by atomic mass is 10.0. The largest absolute Gasteiger partial charge is 0.469 e. The molecule has 1 unspecified atom stereocenters. The molecule has 1 amide bonds. The number of nitrogens with one attached hydrogen (secondary N) is 1. The van der Waals surface area contributed by atoms with Crippen molar-refractivity contribution >= 4 is 29.1 Å². The van der Waals surface area contributed by atoms with Crippen LogP contribution in [0.1, 0.15) is 23.6 Å². The van der Waals surface area contributed by atoms with Crippen molar-refractivity contribution in [2.75, 3.05) is 7.11 Å². The van der Waals surface area contributed by atoms with E-state index in [9.17, 15) is 22.8 Å². The normalized spacial score (nSPS) is 13.0. The number of carbonyl (C=O) groups is 2. The van der Waals surface area contributed by atoms with E-state index >= 15 is 0 Å².